The van der Waals surface area contributed by atoms with Crippen molar-refractivity contribution in [3.63, 3.8) is 0 Å². The van der Waals surface area contributed by atoms with E-state index in [9.17, 15) is 0 Å². The molecule has 0 spiro atoms. The van der Waals surface area contributed by atoms with Crippen LogP contribution in [0.4, 0.5) is 5.69 Å². The average molecular weight is 252 g/mol. The highest BCUT2D eigenvalue weighted by Crippen LogP contribution is 2.30. The van der Waals surface area contributed by atoms with Crippen LogP contribution in [-0.2, 0) is 0 Å². The van der Waals surface area contributed by atoms with Gasteiger partial charge in [0.2, 0.25) is 0 Å². The monoisotopic (exact) mass is 252 g/mol. The number of rotatable bonds is 7. The van der Waals surface area contributed by atoms with E-state index < -0.39 is 0 Å². The maximum absolute atomic E-state index is 5.30. The topological polar surface area (TPSA) is 33.7 Å². The normalized spacial score (nSPS) is 10.6. The van der Waals surface area contributed by atoms with Crippen molar-refractivity contribution < 1.29 is 9.47 Å². The predicted molar refractivity (Wildman–Crippen MR) is 76.0 cm³/mol. The van der Waals surface area contributed by atoms with Crippen molar-refractivity contribution in [3.05, 3.63) is 18.2 Å². The van der Waals surface area contributed by atoms with Crippen LogP contribution in [0, 0.1) is 0 Å². The largest absolute Gasteiger partial charge is 0.493 e. The van der Waals surface area contributed by atoms with Gasteiger partial charge in [-0.3, -0.25) is 0 Å². The Morgan fingerprint density at radius 2 is 1.83 bits per heavy atom. The molecule has 102 valence electrons. The standard InChI is InChI=1S/C14H24N2O2/c1-11(2)15-8-9-16(3)12-6-7-13(17-4)14(10-12)18-5/h6-7,10-11,15H,8-9H2,1-5H3. The number of ether oxygens (including phenoxy) is 2. The van der Waals surface area contributed by atoms with Crippen LogP contribution in [0.2, 0.25) is 0 Å². The maximum Gasteiger partial charge on any atom is 0.162 e. The lowest BCUT2D eigenvalue weighted by molar-refractivity contribution is 0.355. The summed E-state index contributed by atoms with van der Waals surface area (Å²) in [7, 11) is 5.37. The number of hydrogen-bond donors (Lipinski definition) is 1. The van der Waals surface area contributed by atoms with E-state index in [0.717, 1.165) is 30.3 Å². The zero-order valence-corrected chi connectivity index (χ0v) is 12.0. The van der Waals surface area contributed by atoms with E-state index in [4.69, 9.17) is 9.47 Å². The van der Waals surface area contributed by atoms with Gasteiger partial charge in [0.05, 0.1) is 14.2 Å². The van der Waals surface area contributed by atoms with Gasteiger partial charge in [0.15, 0.2) is 11.5 Å². The summed E-state index contributed by atoms with van der Waals surface area (Å²) in [5.74, 6) is 1.52. The molecule has 0 saturated carbocycles. The molecule has 1 aromatic carbocycles. The van der Waals surface area contributed by atoms with Crippen molar-refractivity contribution in [3.8, 4) is 11.5 Å². The minimum absolute atomic E-state index is 0.517. The molecule has 0 heterocycles. The third-order valence-corrected chi connectivity index (χ3v) is 2.81. The lowest BCUT2D eigenvalue weighted by atomic mass is 10.2. The van der Waals surface area contributed by atoms with E-state index in [2.05, 4.69) is 31.1 Å². The Hall–Kier alpha value is -1.42. The minimum Gasteiger partial charge on any atom is -0.493 e. The van der Waals surface area contributed by atoms with Gasteiger partial charge in [-0.05, 0) is 12.1 Å². The molecule has 0 aromatic heterocycles. The van der Waals surface area contributed by atoms with Crippen molar-refractivity contribution in [1.82, 2.24) is 5.32 Å². The van der Waals surface area contributed by atoms with Gasteiger partial charge in [-0.2, -0.15) is 0 Å². The summed E-state index contributed by atoms with van der Waals surface area (Å²) in [6.07, 6.45) is 0. The smallest absolute Gasteiger partial charge is 0.162 e. The van der Waals surface area contributed by atoms with Gasteiger partial charge in [-0.15, -0.1) is 0 Å². The Morgan fingerprint density at radius 3 is 2.39 bits per heavy atom. The molecule has 0 atom stereocenters. The fourth-order valence-corrected chi connectivity index (χ4v) is 1.71. The molecule has 0 aliphatic heterocycles. The van der Waals surface area contributed by atoms with Crippen LogP contribution in [0.25, 0.3) is 0 Å². The van der Waals surface area contributed by atoms with E-state index >= 15 is 0 Å². The number of hydrogen-bond acceptors (Lipinski definition) is 4. The molecule has 0 fully saturated rings. The number of nitrogens with zero attached hydrogens (tertiary/aromatic N) is 1. The van der Waals surface area contributed by atoms with Crippen molar-refractivity contribution in [2.45, 2.75) is 19.9 Å². The lowest BCUT2D eigenvalue weighted by Crippen LogP contribution is -2.32. The Bertz CT molecular complexity index is 367. The summed E-state index contributed by atoms with van der Waals surface area (Å²) in [4.78, 5) is 2.19. The second-order valence-corrected chi connectivity index (χ2v) is 4.57. The highest BCUT2D eigenvalue weighted by Gasteiger charge is 2.07. The molecule has 0 saturated heterocycles. The Balaban J connectivity index is 2.65. The molecule has 4 nitrogen and oxygen atoms in total. The van der Waals surface area contributed by atoms with Gasteiger partial charge >= 0.3 is 0 Å². The molecular weight excluding hydrogens is 228 g/mol. The van der Waals surface area contributed by atoms with E-state index in [1.165, 1.54) is 0 Å². The van der Waals surface area contributed by atoms with E-state index in [-0.39, 0.29) is 0 Å². The van der Waals surface area contributed by atoms with Crippen LogP contribution in [0.15, 0.2) is 18.2 Å². The Labute approximate surface area is 110 Å². The van der Waals surface area contributed by atoms with Crippen LogP contribution >= 0.6 is 0 Å². The number of benzene rings is 1. The molecule has 1 N–H and O–H groups in total. The van der Waals surface area contributed by atoms with Gasteiger partial charge in [-0.25, -0.2) is 0 Å². The molecular formula is C14H24N2O2. The highest BCUT2D eigenvalue weighted by atomic mass is 16.5. The lowest BCUT2D eigenvalue weighted by Gasteiger charge is -2.21. The van der Waals surface area contributed by atoms with Crippen LogP contribution in [-0.4, -0.2) is 40.4 Å². The number of nitrogens with one attached hydrogen (secondary N) is 1. The molecule has 1 rings (SSSR count). The maximum atomic E-state index is 5.30. The fourth-order valence-electron chi connectivity index (χ4n) is 1.71. The number of methoxy groups -OCH3 is 2. The second-order valence-electron chi connectivity index (χ2n) is 4.57. The first-order valence-corrected chi connectivity index (χ1v) is 6.25. The molecule has 0 aliphatic carbocycles. The van der Waals surface area contributed by atoms with E-state index in [1.807, 2.05) is 18.2 Å². The molecule has 0 unspecified atom stereocenters. The first-order valence-electron chi connectivity index (χ1n) is 6.25. The summed E-state index contributed by atoms with van der Waals surface area (Å²) in [5, 5.41) is 3.40. The summed E-state index contributed by atoms with van der Waals surface area (Å²) in [5.41, 5.74) is 1.12. The summed E-state index contributed by atoms with van der Waals surface area (Å²) in [6, 6.07) is 6.48. The molecule has 0 bridgehead atoms. The first kappa shape index (κ1) is 14.6. The summed E-state index contributed by atoms with van der Waals surface area (Å²) >= 11 is 0. The zero-order chi connectivity index (χ0) is 13.5. The van der Waals surface area contributed by atoms with Crippen LogP contribution < -0.4 is 19.7 Å². The minimum atomic E-state index is 0.517. The molecule has 0 aliphatic rings. The zero-order valence-electron chi connectivity index (χ0n) is 12.0. The van der Waals surface area contributed by atoms with Crippen molar-refractivity contribution in [2.75, 3.05) is 39.3 Å². The fraction of sp³-hybridized carbons (Fsp3) is 0.571. The Morgan fingerprint density at radius 1 is 1.17 bits per heavy atom. The summed E-state index contributed by atoms with van der Waals surface area (Å²) < 4.78 is 10.5. The third-order valence-electron chi connectivity index (χ3n) is 2.81. The molecule has 0 radical (unpaired) electrons. The predicted octanol–water partition coefficient (Wildman–Crippen LogP) is 2.14. The van der Waals surface area contributed by atoms with Gasteiger partial charge in [0.25, 0.3) is 0 Å². The van der Waals surface area contributed by atoms with Gasteiger partial charge < -0.3 is 19.7 Å². The van der Waals surface area contributed by atoms with Crippen LogP contribution in [0.5, 0.6) is 11.5 Å². The Kier molecular flexibility index (Phi) is 5.78. The van der Waals surface area contributed by atoms with Crippen LogP contribution in [0.1, 0.15) is 13.8 Å². The van der Waals surface area contributed by atoms with Gasteiger partial charge in [0, 0.05) is 37.9 Å². The number of anilines is 1. The second kappa shape index (κ2) is 7.11. The van der Waals surface area contributed by atoms with Gasteiger partial charge in [0.1, 0.15) is 0 Å². The van der Waals surface area contributed by atoms with E-state index in [0.29, 0.717) is 6.04 Å². The molecule has 4 heteroatoms. The first-order chi connectivity index (χ1) is 8.58. The summed E-state index contributed by atoms with van der Waals surface area (Å²) in [6.45, 7) is 6.21. The third kappa shape index (κ3) is 4.11. The van der Waals surface area contributed by atoms with Crippen LogP contribution in [0.3, 0.4) is 0 Å². The molecule has 18 heavy (non-hydrogen) atoms. The molecule has 0 amide bonds. The van der Waals surface area contributed by atoms with Crippen molar-refractivity contribution in [2.24, 2.45) is 0 Å². The van der Waals surface area contributed by atoms with Crippen molar-refractivity contribution >= 4 is 5.69 Å². The number of likely N-dealkylation sites (N-methyl/N-ethyl adjacent to an activating group) is 1. The van der Waals surface area contributed by atoms with Gasteiger partial charge in [-0.1, -0.05) is 13.8 Å². The SMILES string of the molecule is COc1ccc(N(C)CCNC(C)C)cc1OC. The average Bonchev–Trinajstić information content (AvgIpc) is 2.37. The quantitative estimate of drug-likeness (QED) is 0.806. The van der Waals surface area contributed by atoms with E-state index in [1.54, 1.807) is 14.2 Å². The van der Waals surface area contributed by atoms with Crippen molar-refractivity contribution in [1.29, 1.82) is 0 Å². The highest BCUT2D eigenvalue weighted by molar-refractivity contribution is 5.56. The molecule has 1 aromatic rings.